The number of hydrogen-bond acceptors (Lipinski definition) is 7. The average molecular weight is 752 g/mol. The molecule has 8 heteroatoms. The van der Waals surface area contributed by atoms with Gasteiger partial charge in [-0.05, 0) is 32.1 Å². The zero-order valence-corrected chi connectivity index (χ0v) is 35.1. The van der Waals surface area contributed by atoms with Crippen LogP contribution in [0.2, 0.25) is 0 Å². The predicted molar refractivity (Wildman–Crippen MR) is 220 cm³/mol. The second-order valence-electron chi connectivity index (χ2n) is 15.4. The van der Waals surface area contributed by atoms with Crippen LogP contribution in [0, 0.1) is 0 Å². The lowest BCUT2D eigenvalue weighted by Gasteiger charge is -2.31. The Morgan fingerprint density at radius 1 is 0.604 bits per heavy atom. The molecule has 0 rings (SSSR count). The summed E-state index contributed by atoms with van der Waals surface area (Å²) < 4.78 is 11.1. The summed E-state index contributed by atoms with van der Waals surface area (Å²) in [6.45, 7) is 8.06. The third-order valence-corrected chi connectivity index (χ3v) is 10.7. The summed E-state index contributed by atoms with van der Waals surface area (Å²) in [6.07, 6.45) is 35.2. The van der Waals surface area contributed by atoms with E-state index >= 15 is 0 Å². The molecular formula is C45H85NO7. The zero-order chi connectivity index (χ0) is 39.3. The van der Waals surface area contributed by atoms with Crippen LogP contribution in [-0.4, -0.2) is 59.0 Å². The summed E-state index contributed by atoms with van der Waals surface area (Å²) in [5.41, 5.74) is -0.734. The van der Waals surface area contributed by atoms with E-state index in [0.29, 0.717) is 25.7 Å². The van der Waals surface area contributed by atoms with Crippen LogP contribution >= 0.6 is 0 Å². The number of hydrogen-bond donors (Lipinski definition) is 3. The van der Waals surface area contributed by atoms with E-state index < -0.39 is 29.7 Å². The molecule has 0 fully saturated rings. The van der Waals surface area contributed by atoms with Gasteiger partial charge in [0.2, 0.25) is 5.91 Å². The number of allylic oxidation sites excluding steroid dienone is 1. The minimum Gasteiger partial charge on any atom is -0.463 e. The lowest BCUT2D eigenvalue weighted by molar-refractivity contribution is -0.164. The molecule has 0 saturated heterocycles. The first kappa shape index (κ1) is 51.1. The number of nitrogens with one attached hydrogen (secondary N) is 1. The molecule has 0 heterocycles. The molecule has 0 radical (unpaired) electrons. The second kappa shape index (κ2) is 37.0. The maximum Gasteiger partial charge on any atom is 0.306 e. The summed E-state index contributed by atoms with van der Waals surface area (Å²) >= 11 is 0. The van der Waals surface area contributed by atoms with Crippen molar-refractivity contribution >= 4 is 17.8 Å². The highest BCUT2D eigenvalue weighted by Crippen LogP contribution is 2.25. The molecule has 0 saturated carbocycles. The molecule has 8 nitrogen and oxygen atoms in total. The highest BCUT2D eigenvalue weighted by atomic mass is 16.6. The zero-order valence-electron chi connectivity index (χ0n) is 35.1. The van der Waals surface area contributed by atoms with Gasteiger partial charge in [0.05, 0.1) is 25.0 Å². The molecule has 0 spiro atoms. The van der Waals surface area contributed by atoms with Crippen molar-refractivity contribution in [3.63, 3.8) is 0 Å². The highest BCUT2D eigenvalue weighted by Gasteiger charge is 2.30. The molecule has 0 aliphatic rings. The van der Waals surface area contributed by atoms with Gasteiger partial charge < -0.3 is 25.0 Å². The van der Waals surface area contributed by atoms with E-state index in [1.807, 2.05) is 19.9 Å². The second-order valence-corrected chi connectivity index (χ2v) is 15.4. The van der Waals surface area contributed by atoms with E-state index in [1.54, 1.807) is 6.08 Å². The Morgan fingerprint density at radius 3 is 1.49 bits per heavy atom. The van der Waals surface area contributed by atoms with Gasteiger partial charge in [-0.2, -0.15) is 0 Å². The summed E-state index contributed by atoms with van der Waals surface area (Å²) in [5.74, 6) is -1.25. The van der Waals surface area contributed by atoms with E-state index in [2.05, 4.69) is 19.2 Å². The van der Waals surface area contributed by atoms with Crippen molar-refractivity contribution in [3.05, 3.63) is 12.2 Å². The quantitative estimate of drug-likeness (QED) is 0.0325. The smallest absolute Gasteiger partial charge is 0.306 e. The molecule has 0 aromatic carbocycles. The van der Waals surface area contributed by atoms with Crippen molar-refractivity contribution < 1.29 is 34.1 Å². The van der Waals surface area contributed by atoms with Crippen molar-refractivity contribution in [3.8, 4) is 0 Å². The number of amides is 1. The Hall–Kier alpha value is -1.93. The normalized spacial score (nSPS) is 12.9. The van der Waals surface area contributed by atoms with Crippen LogP contribution < -0.4 is 5.32 Å². The van der Waals surface area contributed by atoms with Gasteiger partial charge in [0.25, 0.3) is 0 Å². The number of aliphatic hydroxyl groups excluding tert-OH is 2. The number of esters is 2. The number of unbranched alkanes of at least 4 members (excludes halogenated alkanes) is 23. The molecule has 53 heavy (non-hydrogen) atoms. The summed E-state index contributed by atoms with van der Waals surface area (Å²) in [7, 11) is 0. The number of aliphatic hydroxyl groups is 2. The molecule has 0 bridgehead atoms. The Kier molecular flexibility index (Phi) is 35.7. The number of ether oxygens (including phenoxy) is 2. The van der Waals surface area contributed by atoms with E-state index in [4.69, 9.17) is 9.47 Å². The minimum atomic E-state index is -0.996. The summed E-state index contributed by atoms with van der Waals surface area (Å²) in [4.78, 5) is 38.0. The maximum absolute atomic E-state index is 12.9. The first-order chi connectivity index (χ1) is 25.8. The topological polar surface area (TPSA) is 122 Å². The number of carbonyl (C=O) groups excluding carboxylic acids is 3. The van der Waals surface area contributed by atoms with Gasteiger partial charge in [0.1, 0.15) is 12.2 Å². The molecular weight excluding hydrogens is 666 g/mol. The van der Waals surface area contributed by atoms with Gasteiger partial charge in [0.15, 0.2) is 0 Å². The van der Waals surface area contributed by atoms with Crippen LogP contribution in [0.25, 0.3) is 0 Å². The fraction of sp³-hybridized carbons (Fsp3) is 0.889. The average Bonchev–Trinajstić information content (AvgIpc) is 3.15. The van der Waals surface area contributed by atoms with Crippen LogP contribution in [0.4, 0.5) is 0 Å². The van der Waals surface area contributed by atoms with Crippen molar-refractivity contribution in [1.82, 2.24) is 5.32 Å². The van der Waals surface area contributed by atoms with Gasteiger partial charge in [-0.3, -0.25) is 14.4 Å². The molecule has 3 N–H and O–H groups in total. The van der Waals surface area contributed by atoms with Crippen LogP contribution in [0.15, 0.2) is 12.2 Å². The predicted octanol–water partition coefficient (Wildman–Crippen LogP) is 11.4. The standard InChI is InChI=1S/C45H85NO7/c1-5-9-11-13-15-17-19-21-23-25-27-29-31-33-41(48)40(39-52-43(50)35-36-44(51)53-45(7-3,8-4)37-38-47)46-42(49)34-32-30-28-26-24-22-20-18-16-14-12-10-6-2/h31,33,40-41,47-48H,5-30,32,34-39H2,1-4H3,(H,46,49)/b33-31+/t40-,41?/m0/s1. The van der Waals surface area contributed by atoms with Crippen LogP contribution in [0.5, 0.6) is 0 Å². The molecule has 0 aromatic heterocycles. The van der Waals surface area contributed by atoms with Gasteiger partial charge in [0, 0.05) is 19.4 Å². The largest absolute Gasteiger partial charge is 0.463 e. The Labute approximate surface area is 326 Å². The Balaban J connectivity index is 4.69. The van der Waals surface area contributed by atoms with Gasteiger partial charge in [-0.25, -0.2) is 0 Å². The molecule has 0 aromatic rings. The number of rotatable bonds is 39. The van der Waals surface area contributed by atoms with Crippen molar-refractivity contribution in [2.24, 2.45) is 0 Å². The van der Waals surface area contributed by atoms with E-state index in [9.17, 15) is 24.6 Å². The maximum atomic E-state index is 12.9. The SMILES string of the molecule is CCCCCCCCCCCCC/C=C/C(O)[C@H](COC(=O)CCC(=O)OC(CC)(CC)CCO)NC(=O)CCCCCCCCCCCCCCC. The first-order valence-electron chi connectivity index (χ1n) is 22.4. The van der Waals surface area contributed by atoms with E-state index in [0.717, 1.165) is 38.5 Å². The highest BCUT2D eigenvalue weighted by molar-refractivity contribution is 5.78. The monoisotopic (exact) mass is 752 g/mol. The molecule has 0 aliphatic carbocycles. The summed E-state index contributed by atoms with van der Waals surface area (Å²) in [6, 6.07) is -0.772. The van der Waals surface area contributed by atoms with Crippen LogP contribution in [0.1, 0.15) is 227 Å². The van der Waals surface area contributed by atoms with Gasteiger partial charge >= 0.3 is 11.9 Å². The summed E-state index contributed by atoms with van der Waals surface area (Å²) in [5, 5.41) is 23.3. The van der Waals surface area contributed by atoms with Gasteiger partial charge in [-0.15, -0.1) is 0 Å². The van der Waals surface area contributed by atoms with E-state index in [-0.39, 0.29) is 32.0 Å². The number of carbonyl (C=O) groups is 3. The minimum absolute atomic E-state index is 0.0838. The molecule has 312 valence electrons. The van der Waals surface area contributed by atoms with E-state index in [1.165, 1.54) is 122 Å². The lowest BCUT2D eigenvalue weighted by atomic mass is 9.93. The van der Waals surface area contributed by atoms with Gasteiger partial charge in [-0.1, -0.05) is 181 Å². The molecule has 0 aliphatic heterocycles. The molecule has 1 unspecified atom stereocenters. The fourth-order valence-electron chi connectivity index (χ4n) is 6.86. The van der Waals surface area contributed by atoms with Crippen molar-refractivity contribution in [1.29, 1.82) is 0 Å². The molecule has 1 amide bonds. The van der Waals surface area contributed by atoms with Crippen molar-refractivity contribution in [2.45, 2.75) is 244 Å². The third kappa shape index (κ3) is 31.0. The first-order valence-corrected chi connectivity index (χ1v) is 22.4. The van der Waals surface area contributed by atoms with Crippen molar-refractivity contribution in [2.75, 3.05) is 13.2 Å². The third-order valence-electron chi connectivity index (χ3n) is 10.7. The van der Waals surface area contributed by atoms with Crippen LogP contribution in [-0.2, 0) is 23.9 Å². The fourth-order valence-corrected chi connectivity index (χ4v) is 6.86. The lowest BCUT2D eigenvalue weighted by Crippen LogP contribution is -2.46. The Bertz CT molecular complexity index is 888. The van der Waals surface area contributed by atoms with Crippen LogP contribution in [0.3, 0.4) is 0 Å². The Morgan fingerprint density at radius 2 is 1.04 bits per heavy atom. The molecule has 2 atom stereocenters.